The summed E-state index contributed by atoms with van der Waals surface area (Å²) in [7, 11) is 0. The molecule has 0 aliphatic rings. The van der Waals surface area contributed by atoms with Gasteiger partial charge < -0.3 is 5.11 Å². The Balaban J connectivity index is 0.000000476. The summed E-state index contributed by atoms with van der Waals surface area (Å²) in [4.78, 5) is 19.3. The topological polar surface area (TPSA) is 63.1 Å². The number of benzene rings is 3. The third-order valence-electron chi connectivity index (χ3n) is 5.61. The van der Waals surface area contributed by atoms with Gasteiger partial charge in [-0.15, -0.1) is 35.9 Å². The number of aliphatic hydroxyl groups excluding tert-OH is 1. The van der Waals surface area contributed by atoms with Crippen molar-refractivity contribution in [1.82, 2.24) is 9.97 Å². The molecule has 0 aliphatic heterocycles. The van der Waals surface area contributed by atoms with Gasteiger partial charge in [0.05, 0.1) is 11.3 Å². The van der Waals surface area contributed by atoms with Crippen molar-refractivity contribution in [2.75, 3.05) is 0 Å². The number of fused-ring (bicyclic) bond motifs is 3. The molecule has 0 fully saturated rings. The molecule has 1 aromatic heterocycles. The Bertz CT molecular complexity index is 1350. The van der Waals surface area contributed by atoms with Crippen molar-refractivity contribution in [2.45, 2.75) is 59.8 Å². The zero-order chi connectivity index (χ0) is 25.0. The minimum Gasteiger partial charge on any atom is -0.512 e. The average molecular weight is 646 g/mol. The number of rotatable bonds is 3. The van der Waals surface area contributed by atoms with Crippen molar-refractivity contribution < 1.29 is 30.0 Å². The molecule has 0 saturated heterocycles. The summed E-state index contributed by atoms with van der Waals surface area (Å²) in [5.74, 6) is 0.356. The second-order valence-corrected chi connectivity index (χ2v) is 9.92. The monoisotopic (exact) mass is 646 g/mol. The van der Waals surface area contributed by atoms with Gasteiger partial charge in [-0.2, -0.15) is 0 Å². The van der Waals surface area contributed by atoms with Gasteiger partial charge >= 0.3 is 0 Å². The Labute approximate surface area is 221 Å². The zero-order valence-corrected chi connectivity index (χ0v) is 23.8. The minimum absolute atomic E-state index is 0. The van der Waals surface area contributed by atoms with Gasteiger partial charge in [0.2, 0.25) is 0 Å². The van der Waals surface area contributed by atoms with Crippen molar-refractivity contribution in [1.29, 1.82) is 0 Å². The second-order valence-electron chi connectivity index (χ2n) is 9.92. The van der Waals surface area contributed by atoms with Gasteiger partial charge in [-0.05, 0) is 52.8 Å². The largest absolute Gasteiger partial charge is 0.512 e. The zero-order valence-electron chi connectivity index (χ0n) is 21.4. The number of aromatic nitrogens is 2. The maximum absolute atomic E-state index is 10.0. The maximum atomic E-state index is 10.0. The van der Waals surface area contributed by atoms with Crippen LogP contribution in [0.3, 0.4) is 0 Å². The first kappa shape index (κ1) is 28.4. The standard InChI is InChI=1S/C25H25N2.C5H8O2.Ir/c1-16(2)21-14-19(25(3,4)5)13-18-11-12-20-23(17-9-7-6-8-10-17)26-15-27-24(20)22(18)21;1-4(6)3-5(2)7;/h6-9,11-16H,1-5H3;3,6H,1-2H3;/q-1;;/b;4-3-;. The molecule has 0 aliphatic carbocycles. The van der Waals surface area contributed by atoms with Gasteiger partial charge in [-0.3, -0.25) is 9.78 Å². The van der Waals surface area contributed by atoms with Crippen molar-refractivity contribution >= 4 is 27.5 Å². The molecule has 0 amide bonds. The summed E-state index contributed by atoms with van der Waals surface area (Å²) in [6, 6.07) is 20.3. The van der Waals surface area contributed by atoms with Crippen molar-refractivity contribution in [2.24, 2.45) is 0 Å². The van der Waals surface area contributed by atoms with E-state index >= 15 is 0 Å². The fraction of sp³-hybridized carbons (Fsp3) is 0.300. The Morgan fingerprint density at radius 1 is 1.06 bits per heavy atom. The molecule has 0 unspecified atom stereocenters. The number of nitrogens with zero attached hydrogens (tertiary/aromatic N) is 2. The van der Waals surface area contributed by atoms with Crippen molar-refractivity contribution in [3.63, 3.8) is 0 Å². The van der Waals surface area contributed by atoms with Crippen LogP contribution >= 0.6 is 0 Å². The summed E-state index contributed by atoms with van der Waals surface area (Å²) >= 11 is 0. The van der Waals surface area contributed by atoms with Crippen LogP contribution in [0.4, 0.5) is 0 Å². The van der Waals surface area contributed by atoms with Crippen LogP contribution in [0.1, 0.15) is 65.5 Å². The van der Waals surface area contributed by atoms with E-state index in [9.17, 15) is 4.79 Å². The predicted octanol–water partition coefficient (Wildman–Crippen LogP) is 7.71. The van der Waals surface area contributed by atoms with Crippen LogP contribution in [0.15, 0.2) is 66.7 Å². The second kappa shape index (κ2) is 11.7. The molecule has 4 rings (SSSR count). The molecule has 0 saturated carbocycles. The van der Waals surface area contributed by atoms with E-state index in [2.05, 4.69) is 76.0 Å². The normalized spacial score (nSPS) is 11.7. The molecule has 35 heavy (non-hydrogen) atoms. The first-order chi connectivity index (χ1) is 16.0. The van der Waals surface area contributed by atoms with E-state index in [4.69, 9.17) is 10.1 Å². The molecule has 185 valence electrons. The predicted molar refractivity (Wildman–Crippen MR) is 141 cm³/mol. The van der Waals surface area contributed by atoms with Crippen molar-refractivity contribution in [3.8, 4) is 11.3 Å². The fourth-order valence-corrected chi connectivity index (χ4v) is 3.96. The number of allylic oxidation sites excluding steroid dienone is 2. The molecule has 4 nitrogen and oxygen atoms in total. The molecule has 4 aromatic rings. The first-order valence-corrected chi connectivity index (χ1v) is 11.6. The average Bonchev–Trinajstić information content (AvgIpc) is 2.77. The maximum Gasteiger partial charge on any atom is 0.155 e. The van der Waals surface area contributed by atoms with Crippen LogP contribution in [0, 0.1) is 6.07 Å². The summed E-state index contributed by atoms with van der Waals surface area (Å²) in [6.07, 6.45) is 2.85. The summed E-state index contributed by atoms with van der Waals surface area (Å²) in [5, 5.41) is 11.9. The smallest absolute Gasteiger partial charge is 0.155 e. The number of aliphatic hydroxyl groups is 1. The number of hydrogen-bond donors (Lipinski definition) is 1. The summed E-state index contributed by atoms with van der Waals surface area (Å²) in [5.41, 5.74) is 5.80. The van der Waals surface area contributed by atoms with Crippen LogP contribution in [-0.4, -0.2) is 20.9 Å². The van der Waals surface area contributed by atoms with E-state index in [1.807, 2.05) is 18.2 Å². The number of carbonyl (C=O) groups excluding carboxylic acids is 1. The van der Waals surface area contributed by atoms with E-state index in [0.717, 1.165) is 22.2 Å². The van der Waals surface area contributed by atoms with E-state index < -0.39 is 0 Å². The minimum atomic E-state index is -0.125. The number of ketones is 1. The van der Waals surface area contributed by atoms with Crippen LogP contribution in [0.5, 0.6) is 0 Å². The van der Waals surface area contributed by atoms with Crippen LogP contribution in [0.25, 0.3) is 32.9 Å². The molecule has 0 atom stereocenters. The van der Waals surface area contributed by atoms with E-state index in [1.54, 1.807) is 6.33 Å². The van der Waals surface area contributed by atoms with Crippen LogP contribution in [-0.2, 0) is 30.3 Å². The first-order valence-electron chi connectivity index (χ1n) is 11.6. The van der Waals surface area contributed by atoms with Gasteiger partial charge in [0.25, 0.3) is 0 Å². The van der Waals surface area contributed by atoms with E-state index in [1.165, 1.54) is 41.8 Å². The quantitative estimate of drug-likeness (QED) is 0.107. The SMILES string of the molecule is CC(=O)/C=C(/C)O.CC(C)c1cc(C(C)(C)C)cc2ccc3c(-c4[c-]cccc4)ncnc3c12.[Ir]. The van der Waals surface area contributed by atoms with Crippen molar-refractivity contribution in [3.05, 3.63) is 83.9 Å². The van der Waals surface area contributed by atoms with Crippen LogP contribution in [0.2, 0.25) is 0 Å². The fourth-order valence-electron chi connectivity index (χ4n) is 3.96. The molecule has 0 bridgehead atoms. The van der Waals surface area contributed by atoms with E-state index in [-0.39, 0.29) is 37.1 Å². The van der Waals surface area contributed by atoms with Gasteiger partial charge in [0.15, 0.2) is 5.78 Å². The molecule has 1 heterocycles. The van der Waals surface area contributed by atoms with E-state index in [0.29, 0.717) is 5.92 Å². The third kappa shape index (κ3) is 6.84. The third-order valence-corrected chi connectivity index (χ3v) is 5.61. The Morgan fingerprint density at radius 3 is 2.29 bits per heavy atom. The molecular weight excluding hydrogens is 613 g/mol. The Kier molecular flexibility index (Phi) is 9.48. The van der Waals surface area contributed by atoms with Gasteiger partial charge in [-0.25, -0.2) is 4.98 Å². The molecule has 1 N–H and O–H groups in total. The number of hydrogen-bond acceptors (Lipinski definition) is 4. The number of carbonyl (C=O) groups is 1. The Morgan fingerprint density at radius 2 is 1.77 bits per heavy atom. The molecular formula is C30H33IrN2O2-. The van der Waals surface area contributed by atoms with Gasteiger partial charge in [-0.1, -0.05) is 58.9 Å². The molecule has 0 spiro atoms. The molecule has 1 radical (unpaired) electrons. The summed E-state index contributed by atoms with van der Waals surface area (Å²) < 4.78 is 0. The Hall–Kier alpha value is -2.88. The van der Waals surface area contributed by atoms with Gasteiger partial charge in [0, 0.05) is 31.6 Å². The molecule has 5 heteroatoms. The van der Waals surface area contributed by atoms with Crippen LogP contribution < -0.4 is 0 Å². The summed E-state index contributed by atoms with van der Waals surface area (Å²) in [6.45, 7) is 14.2. The molecule has 3 aromatic carbocycles. The van der Waals surface area contributed by atoms with Gasteiger partial charge in [0.1, 0.15) is 6.33 Å².